The van der Waals surface area contributed by atoms with Gasteiger partial charge in [-0.2, -0.15) is 0 Å². The first-order valence-electron chi connectivity index (χ1n) is 4.47. The van der Waals surface area contributed by atoms with Gasteiger partial charge in [-0.05, 0) is 36.7 Å². The molecule has 0 aliphatic heterocycles. The maximum Gasteiger partial charge on any atom is 0.371 e. The van der Waals surface area contributed by atoms with E-state index >= 15 is 0 Å². The zero-order chi connectivity index (χ0) is 11.0. The molecule has 0 unspecified atom stereocenters. The molecule has 0 radical (unpaired) electrons. The van der Waals surface area contributed by atoms with Gasteiger partial charge in [-0.1, -0.05) is 0 Å². The molecule has 0 fully saturated rings. The number of ether oxygens (including phenoxy) is 1. The Bertz CT molecular complexity index is 219. The summed E-state index contributed by atoms with van der Waals surface area (Å²) in [5.74, 6) is 0. The molecule has 14 heavy (non-hydrogen) atoms. The fourth-order valence-corrected chi connectivity index (χ4v) is 2.67. The van der Waals surface area contributed by atoms with Crippen LogP contribution in [0.1, 0.15) is 20.8 Å². The van der Waals surface area contributed by atoms with E-state index in [1.807, 2.05) is 6.92 Å². The highest BCUT2D eigenvalue weighted by molar-refractivity contribution is 9.13. The van der Waals surface area contributed by atoms with Crippen molar-refractivity contribution in [1.82, 2.24) is 0 Å². The van der Waals surface area contributed by atoms with Gasteiger partial charge in [0.1, 0.15) is 10.5 Å². The van der Waals surface area contributed by atoms with Crippen LogP contribution in [0, 0.1) is 0 Å². The number of rotatable bonds is 7. The summed E-state index contributed by atoms with van der Waals surface area (Å²) < 4.78 is 27.4. The van der Waals surface area contributed by atoms with Crippen LogP contribution in [-0.2, 0) is 18.3 Å². The summed E-state index contributed by atoms with van der Waals surface area (Å²) in [6.07, 6.45) is 1.35. The summed E-state index contributed by atoms with van der Waals surface area (Å²) in [4.78, 5) is 0. The molecule has 0 aromatic rings. The maximum absolute atomic E-state index is 12.0. The lowest BCUT2D eigenvalue weighted by Crippen LogP contribution is -1.96. The van der Waals surface area contributed by atoms with E-state index in [0.717, 1.165) is 0 Å². The predicted molar refractivity (Wildman–Crippen MR) is 59.5 cm³/mol. The molecule has 0 bridgehead atoms. The Labute approximate surface area is 93.3 Å². The molecule has 0 aliphatic rings. The fourth-order valence-electron chi connectivity index (χ4n) is 0.717. The molecule has 6 heteroatoms. The second-order valence-corrected chi connectivity index (χ2v) is 5.69. The first-order valence-corrected chi connectivity index (χ1v) is 6.81. The van der Waals surface area contributed by atoms with Crippen molar-refractivity contribution in [2.24, 2.45) is 0 Å². The van der Waals surface area contributed by atoms with Crippen molar-refractivity contribution in [3.05, 3.63) is 10.5 Å². The molecule has 0 amide bonds. The smallest absolute Gasteiger partial charge is 0.371 e. The summed E-state index contributed by atoms with van der Waals surface area (Å²) in [6, 6.07) is 0. The van der Waals surface area contributed by atoms with Crippen molar-refractivity contribution in [2.45, 2.75) is 20.8 Å². The number of hydrogen-bond acceptors (Lipinski definition) is 4. The van der Waals surface area contributed by atoms with Crippen molar-refractivity contribution >= 4 is 23.5 Å². The normalized spacial score (nSPS) is 13.0. The summed E-state index contributed by atoms with van der Waals surface area (Å²) in [5, 5.41) is 0. The van der Waals surface area contributed by atoms with Gasteiger partial charge in [0.05, 0.1) is 19.8 Å². The van der Waals surface area contributed by atoms with Crippen LogP contribution in [0.15, 0.2) is 10.5 Å². The van der Waals surface area contributed by atoms with E-state index in [-0.39, 0.29) is 0 Å². The van der Waals surface area contributed by atoms with Gasteiger partial charge in [-0.3, -0.25) is 4.57 Å². The maximum atomic E-state index is 12.0. The molecule has 0 rings (SSSR count). The Morgan fingerprint density at radius 2 is 1.71 bits per heavy atom. The molecule has 0 heterocycles. The summed E-state index contributed by atoms with van der Waals surface area (Å²) in [6.45, 7) is 6.51. The van der Waals surface area contributed by atoms with Gasteiger partial charge in [0.2, 0.25) is 0 Å². The Balaban J connectivity index is 4.54. The molecule has 84 valence electrons. The fraction of sp³-hybridized carbons (Fsp3) is 0.750. The Hall–Kier alpha value is 0.170. The van der Waals surface area contributed by atoms with Crippen LogP contribution in [0.2, 0.25) is 0 Å². The van der Waals surface area contributed by atoms with Crippen LogP contribution < -0.4 is 0 Å². The van der Waals surface area contributed by atoms with Crippen LogP contribution in [0.5, 0.6) is 0 Å². The Kier molecular flexibility index (Phi) is 7.55. The van der Waals surface area contributed by atoms with Gasteiger partial charge in [-0.25, -0.2) is 0 Å². The molecular weight excluding hydrogens is 271 g/mol. The molecule has 0 aromatic carbocycles. The Morgan fingerprint density at radius 1 is 1.21 bits per heavy atom. The summed E-state index contributed by atoms with van der Waals surface area (Å²) >= 11 is 3.13. The minimum atomic E-state index is -3.19. The first kappa shape index (κ1) is 14.2. The van der Waals surface area contributed by atoms with Gasteiger partial charge >= 0.3 is 7.60 Å². The van der Waals surface area contributed by atoms with Gasteiger partial charge in [0.15, 0.2) is 0 Å². The van der Waals surface area contributed by atoms with Gasteiger partial charge in [0, 0.05) is 0 Å². The average Bonchev–Trinajstić information content (AvgIpc) is 2.15. The van der Waals surface area contributed by atoms with Gasteiger partial charge in [-0.15, -0.1) is 0 Å². The largest absolute Gasteiger partial charge is 0.500 e. The molecule has 0 atom stereocenters. The van der Waals surface area contributed by atoms with Crippen molar-refractivity contribution < 1.29 is 18.3 Å². The highest BCUT2D eigenvalue weighted by Gasteiger charge is 2.28. The standard InChI is InChI=1S/C8H16BrO4P/c1-4-11-7-8(9)14(10,12-5-2)13-6-3/h7H,4-6H2,1-3H3/b8-7+. The highest BCUT2D eigenvalue weighted by atomic mass is 79.9. The van der Waals surface area contributed by atoms with E-state index < -0.39 is 7.60 Å². The zero-order valence-electron chi connectivity index (χ0n) is 8.66. The first-order chi connectivity index (χ1) is 6.60. The predicted octanol–water partition coefficient (Wildman–Crippen LogP) is 3.48. The van der Waals surface area contributed by atoms with Crippen LogP contribution in [0.3, 0.4) is 0 Å². The van der Waals surface area contributed by atoms with E-state index in [2.05, 4.69) is 15.9 Å². The lowest BCUT2D eigenvalue weighted by molar-refractivity contribution is 0.225. The third kappa shape index (κ3) is 4.60. The van der Waals surface area contributed by atoms with E-state index in [9.17, 15) is 4.57 Å². The lowest BCUT2D eigenvalue weighted by Gasteiger charge is -2.15. The molecule has 0 saturated carbocycles. The topological polar surface area (TPSA) is 44.8 Å². The molecule has 4 nitrogen and oxygen atoms in total. The van der Waals surface area contributed by atoms with Crippen molar-refractivity contribution in [3.8, 4) is 0 Å². The minimum Gasteiger partial charge on any atom is -0.500 e. The summed E-state index contributed by atoms with van der Waals surface area (Å²) in [5.41, 5.74) is 0. The van der Waals surface area contributed by atoms with E-state index in [4.69, 9.17) is 13.8 Å². The highest BCUT2D eigenvalue weighted by Crippen LogP contribution is 2.58. The molecule has 0 aliphatic carbocycles. The summed E-state index contributed by atoms with van der Waals surface area (Å²) in [7, 11) is -3.19. The molecule has 0 saturated heterocycles. The molecule has 0 N–H and O–H groups in total. The van der Waals surface area contributed by atoms with Crippen molar-refractivity contribution in [3.63, 3.8) is 0 Å². The van der Waals surface area contributed by atoms with Gasteiger partial charge in [0.25, 0.3) is 0 Å². The SMILES string of the molecule is CCO/C=C(\Br)P(=O)(OCC)OCC. The lowest BCUT2D eigenvalue weighted by atomic mass is 10.9. The third-order valence-electron chi connectivity index (χ3n) is 1.21. The van der Waals surface area contributed by atoms with Gasteiger partial charge < -0.3 is 13.8 Å². The number of hydrogen-bond donors (Lipinski definition) is 0. The van der Waals surface area contributed by atoms with Crippen molar-refractivity contribution in [2.75, 3.05) is 19.8 Å². The van der Waals surface area contributed by atoms with Crippen LogP contribution in [0.25, 0.3) is 0 Å². The second-order valence-electron chi connectivity index (χ2n) is 2.23. The minimum absolute atomic E-state index is 0.315. The quantitative estimate of drug-likeness (QED) is 0.531. The second kappa shape index (κ2) is 7.46. The van der Waals surface area contributed by atoms with E-state index in [0.29, 0.717) is 24.0 Å². The third-order valence-corrected chi connectivity index (χ3v) is 4.52. The average molecular weight is 287 g/mol. The van der Waals surface area contributed by atoms with E-state index in [1.165, 1.54) is 6.26 Å². The number of halogens is 1. The zero-order valence-corrected chi connectivity index (χ0v) is 11.1. The molecular formula is C8H16BrO4P. The van der Waals surface area contributed by atoms with Crippen LogP contribution in [-0.4, -0.2) is 19.8 Å². The Morgan fingerprint density at radius 3 is 2.07 bits per heavy atom. The van der Waals surface area contributed by atoms with Crippen LogP contribution >= 0.6 is 23.5 Å². The monoisotopic (exact) mass is 286 g/mol. The molecule has 0 spiro atoms. The molecule has 0 aromatic heterocycles. The van der Waals surface area contributed by atoms with Crippen LogP contribution in [0.4, 0.5) is 0 Å². The van der Waals surface area contributed by atoms with E-state index in [1.54, 1.807) is 13.8 Å². The van der Waals surface area contributed by atoms with Crippen molar-refractivity contribution in [1.29, 1.82) is 0 Å².